The third kappa shape index (κ3) is 4.84. The van der Waals surface area contributed by atoms with E-state index in [1.165, 1.54) is 0 Å². The molecule has 0 fully saturated rings. The van der Waals surface area contributed by atoms with Gasteiger partial charge in [0.25, 0.3) is 0 Å². The van der Waals surface area contributed by atoms with Crippen LogP contribution < -0.4 is 5.73 Å². The van der Waals surface area contributed by atoms with Gasteiger partial charge in [-0.15, -0.1) is 0 Å². The van der Waals surface area contributed by atoms with Gasteiger partial charge in [0, 0.05) is 0 Å². The van der Waals surface area contributed by atoms with Crippen molar-refractivity contribution in [2.24, 2.45) is 11.7 Å². The first-order chi connectivity index (χ1) is 7.84. The number of hydrogen-bond donors (Lipinski definition) is 1. The number of sulfone groups is 1. The van der Waals surface area contributed by atoms with Crippen LogP contribution in [0.15, 0.2) is 18.2 Å². The summed E-state index contributed by atoms with van der Waals surface area (Å²) in [5, 5.41) is 0.786. The molecule has 0 amide bonds. The molecule has 0 aliphatic rings. The van der Waals surface area contributed by atoms with Crippen LogP contribution >= 0.6 is 23.2 Å². The third-order valence-electron chi connectivity index (χ3n) is 2.31. The van der Waals surface area contributed by atoms with E-state index in [0.717, 1.165) is 0 Å². The zero-order chi connectivity index (χ0) is 13.1. The molecular weight excluding hydrogens is 281 g/mol. The van der Waals surface area contributed by atoms with Crippen LogP contribution in [-0.2, 0) is 15.6 Å². The van der Waals surface area contributed by atoms with E-state index in [2.05, 4.69) is 0 Å². The maximum absolute atomic E-state index is 11.8. The molecule has 0 saturated heterocycles. The van der Waals surface area contributed by atoms with Gasteiger partial charge in [-0.25, -0.2) is 8.42 Å². The highest BCUT2D eigenvalue weighted by molar-refractivity contribution is 7.90. The predicted molar refractivity (Wildman–Crippen MR) is 72.2 cm³/mol. The molecule has 0 aliphatic carbocycles. The van der Waals surface area contributed by atoms with Crippen molar-refractivity contribution in [1.29, 1.82) is 0 Å². The van der Waals surface area contributed by atoms with Crippen molar-refractivity contribution in [2.45, 2.75) is 12.7 Å². The molecule has 96 valence electrons. The summed E-state index contributed by atoms with van der Waals surface area (Å²) in [7, 11) is -3.16. The van der Waals surface area contributed by atoms with E-state index in [9.17, 15) is 8.42 Å². The van der Waals surface area contributed by atoms with Gasteiger partial charge in [0.05, 0.1) is 21.6 Å². The fourth-order valence-corrected chi connectivity index (χ4v) is 3.57. The Bertz CT molecular complexity index is 488. The van der Waals surface area contributed by atoms with Gasteiger partial charge in [-0.2, -0.15) is 0 Å². The summed E-state index contributed by atoms with van der Waals surface area (Å²) in [5.74, 6) is 0.0144. The van der Waals surface area contributed by atoms with Crippen LogP contribution in [0, 0.1) is 5.92 Å². The van der Waals surface area contributed by atoms with E-state index >= 15 is 0 Å². The normalized spacial score (nSPS) is 13.6. The van der Waals surface area contributed by atoms with E-state index in [-0.39, 0.29) is 17.4 Å². The summed E-state index contributed by atoms with van der Waals surface area (Å²) >= 11 is 11.6. The summed E-state index contributed by atoms with van der Waals surface area (Å²) in [6.07, 6.45) is 0. The number of benzene rings is 1. The number of nitrogens with two attached hydrogens (primary N) is 1. The molecule has 1 aromatic carbocycles. The molecule has 3 nitrogen and oxygen atoms in total. The molecule has 0 aliphatic heterocycles. The lowest BCUT2D eigenvalue weighted by atomic mass is 10.2. The molecule has 0 spiro atoms. The van der Waals surface area contributed by atoms with Crippen molar-refractivity contribution in [2.75, 3.05) is 12.3 Å². The molecule has 0 saturated carbocycles. The lowest BCUT2D eigenvalue weighted by Crippen LogP contribution is -2.22. The van der Waals surface area contributed by atoms with Crippen LogP contribution in [0.25, 0.3) is 0 Å². The Hall–Kier alpha value is -0.290. The van der Waals surface area contributed by atoms with E-state index in [1.54, 1.807) is 18.2 Å². The fraction of sp³-hybridized carbons (Fsp3) is 0.455. The van der Waals surface area contributed by atoms with Gasteiger partial charge in [0.1, 0.15) is 0 Å². The third-order valence-corrected chi connectivity index (χ3v) is 4.90. The van der Waals surface area contributed by atoms with Crippen molar-refractivity contribution >= 4 is 33.0 Å². The molecule has 0 aromatic heterocycles. The minimum atomic E-state index is -3.16. The Balaban J connectivity index is 2.80. The monoisotopic (exact) mass is 295 g/mol. The summed E-state index contributed by atoms with van der Waals surface area (Å²) in [5.41, 5.74) is 6.06. The molecule has 1 aromatic rings. The Morgan fingerprint density at radius 3 is 2.47 bits per heavy atom. The fourth-order valence-electron chi connectivity index (χ4n) is 1.44. The number of hydrogen-bond acceptors (Lipinski definition) is 3. The SMILES string of the molecule is CC(CN)CS(=O)(=O)Cc1ccc(Cl)c(Cl)c1. The Labute approximate surface area is 112 Å². The highest BCUT2D eigenvalue weighted by Crippen LogP contribution is 2.23. The van der Waals surface area contributed by atoms with Gasteiger partial charge in [0.15, 0.2) is 9.84 Å². The van der Waals surface area contributed by atoms with Crippen LogP contribution in [0.4, 0.5) is 0 Å². The van der Waals surface area contributed by atoms with E-state index < -0.39 is 9.84 Å². The van der Waals surface area contributed by atoms with Gasteiger partial charge >= 0.3 is 0 Å². The lowest BCUT2D eigenvalue weighted by Gasteiger charge is -2.09. The molecule has 2 N–H and O–H groups in total. The molecule has 0 radical (unpaired) electrons. The Morgan fingerprint density at radius 2 is 1.94 bits per heavy atom. The molecule has 1 unspecified atom stereocenters. The number of halogens is 2. The summed E-state index contributed by atoms with van der Waals surface area (Å²) < 4.78 is 23.7. The molecule has 0 bridgehead atoms. The zero-order valence-electron chi connectivity index (χ0n) is 9.49. The average Bonchev–Trinajstić information content (AvgIpc) is 2.22. The van der Waals surface area contributed by atoms with E-state index in [1.807, 2.05) is 6.92 Å². The van der Waals surface area contributed by atoms with Gasteiger partial charge in [0.2, 0.25) is 0 Å². The second-order valence-corrected chi connectivity index (χ2v) is 7.07. The van der Waals surface area contributed by atoms with Crippen molar-refractivity contribution in [3.63, 3.8) is 0 Å². The van der Waals surface area contributed by atoms with Gasteiger partial charge in [-0.05, 0) is 30.2 Å². The van der Waals surface area contributed by atoms with E-state index in [4.69, 9.17) is 28.9 Å². The maximum Gasteiger partial charge on any atom is 0.154 e. The highest BCUT2D eigenvalue weighted by atomic mass is 35.5. The minimum Gasteiger partial charge on any atom is -0.330 e. The van der Waals surface area contributed by atoms with Crippen LogP contribution in [0.2, 0.25) is 10.0 Å². The van der Waals surface area contributed by atoms with Crippen molar-refractivity contribution in [3.8, 4) is 0 Å². The molecule has 1 rings (SSSR count). The second-order valence-electron chi connectivity index (χ2n) is 4.14. The molecule has 0 heterocycles. The smallest absolute Gasteiger partial charge is 0.154 e. The first kappa shape index (κ1) is 14.8. The average molecular weight is 296 g/mol. The van der Waals surface area contributed by atoms with E-state index in [0.29, 0.717) is 22.2 Å². The van der Waals surface area contributed by atoms with Crippen LogP contribution in [-0.4, -0.2) is 20.7 Å². The van der Waals surface area contributed by atoms with Crippen LogP contribution in [0.1, 0.15) is 12.5 Å². The number of rotatable bonds is 5. The van der Waals surface area contributed by atoms with Crippen molar-refractivity contribution in [3.05, 3.63) is 33.8 Å². The zero-order valence-corrected chi connectivity index (χ0v) is 11.8. The first-order valence-corrected chi connectivity index (χ1v) is 7.76. The van der Waals surface area contributed by atoms with Gasteiger partial charge in [-0.3, -0.25) is 0 Å². The second kappa shape index (κ2) is 6.05. The first-order valence-electron chi connectivity index (χ1n) is 5.18. The van der Waals surface area contributed by atoms with Crippen LogP contribution in [0.5, 0.6) is 0 Å². The molecular formula is C11H15Cl2NO2S. The quantitative estimate of drug-likeness (QED) is 0.908. The highest BCUT2D eigenvalue weighted by Gasteiger charge is 2.16. The lowest BCUT2D eigenvalue weighted by molar-refractivity contribution is 0.573. The van der Waals surface area contributed by atoms with Gasteiger partial charge < -0.3 is 5.73 Å². The van der Waals surface area contributed by atoms with Gasteiger partial charge in [-0.1, -0.05) is 36.2 Å². The summed E-state index contributed by atoms with van der Waals surface area (Å²) in [6.45, 7) is 2.17. The molecule has 1 atom stereocenters. The Morgan fingerprint density at radius 1 is 1.29 bits per heavy atom. The largest absolute Gasteiger partial charge is 0.330 e. The summed E-state index contributed by atoms with van der Waals surface area (Å²) in [6, 6.07) is 4.84. The summed E-state index contributed by atoms with van der Waals surface area (Å²) in [4.78, 5) is 0. The van der Waals surface area contributed by atoms with Crippen LogP contribution in [0.3, 0.4) is 0 Å². The molecule has 6 heteroatoms. The molecule has 17 heavy (non-hydrogen) atoms. The maximum atomic E-state index is 11.8. The standard InChI is InChI=1S/C11H15Cl2NO2S/c1-8(5-14)6-17(15,16)7-9-2-3-10(12)11(13)4-9/h2-4,8H,5-7,14H2,1H3. The topological polar surface area (TPSA) is 60.2 Å². The van der Waals surface area contributed by atoms with Crippen molar-refractivity contribution in [1.82, 2.24) is 0 Å². The predicted octanol–water partition coefficient (Wildman–Crippen LogP) is 2.50. The Kier molecular flexibility index (Phi) is 5.25. The minimum absolute atomic E-state index is 0.0335. The van der Waals surface area contributed by atoms with Crippen molar-refractivity contribution < 1.29 is 8.42 Å².